The summed E-state index contributed by atoms with van der Waals surface area (Å²) in [5.41, 5.74) is -0.553. The predicted octanol–water partition coefficient (Wildman–Crippen LogP) is 1.70. The number of carbonyl (C=O) groups is 2. The van der Waals surface area contributed by atoms with E-state index in [0.717, 1.165) is 12.8 Å². The lowest BCUT2D eigenvalue weighted by Crippen LogP contribution is -2.40. The fraction of sp³-hybridized carbons (Fsp3) is 0.273. The van der Waals surface area contributed by atoms with E-state index in [9.17, 15) is 23.9 Å². The summed E-state index contributed by atoms with van der Waals surface area (Å²) in [6.45, 7) is 0.458. The topological polar surface area (TPSA) is 141 Å². The van der Waals surface area contributed by atoms with Gasteiger partial charge in [-0.25, -0.2) is 9.37 Å². The predicted molar refractivity (Wildman–Crippen MR) is 114 cm³/mol. The van der Waals surface area contributed by atoms with Gasteiger partial charge in [0, 0.05) is 19.3 Å². The van der Waals surface area contributed by atoms with Crippen LogP contribution in [-0.2, 0) is 6.54 Å². The summed E-state index contributed by atoms with van der Waals surface area (Å²) in [6, 6.07) is 8.06. The highest BCUT2D eigenvalue weighted by atomic mass is 19.1. The monoisotopic (exact) mass is 452 g/mol. The Morgan fingerprint density at radius 2 is 2.00 bits per heavy atom. The molecule has 1 fully saturated rings. The largest absolute Gasteiger partial charge is 0.501 e. The average Bonchev–Trinajstić information content (AvgIpc) is 2.85. The summed E-state index contributed by atoms with van der Waals surface area (Å²) >= 11 is 0. The first kappa shape index (κ1) is 22.1. The molecule has 1 aromatic carbocycles. The number of piperidine rings is 1. The number of carbonyl (C=O) groups excluding carboxylic acids is 2. The van der Waals surface area contributed by atoms with E-state index in [1.54, 1.807) is 12.1 Å². The van der Waals surface area contributed by atoms with Crippen molar-refractivity contribution in [3.8, 4) is 5.75 Å². The maximum absolute atomic E-state index is 13.1. The molecule has 3 N–H and O–H groups in total. The van der Waals surface area contributed by atoms with E-state index in [2.05, 4.69) is 25.5 Å². The van der Waals surface area contributed by atoms with Crippen LogP contribution in [0.4, 0.5) is 4.39 Å². The zero-order chi connectivity index (χ0) is 23.4. The van der Waals surface area contributed by atoms with E-state index in [4.69, 9.17) is 0 Å². The Labute approximate surface area is 187 Å². The minimum Gasteiger partial charge on any atom is -0.501 e. The van der Waals surface area contributed by atoms with E-state index >= 15 is 0 Å². The van der Waals surface area contributed by atoms with Gasteiger partial charge in [0.2, 0.25) is 5.75 Å². The number of rotatable bonds is 5. The summed E-state index contributed by atoms with van der Waals surface area (Å²) in [5, 5.41) is 20.3. The second-order valence-corrected chi connectivity index (χ2v) is 7.58. The van der Waals surface area contributed by atoms with Gasteiger partial charge in [0.15, 0.2) is 11.4 Å². The maximum Gasteiger partial charge on any atom is 0.294 e. The van der Waals surface area contributed by atoms with Gasteiger partial charge in [-0.05, 0) is 49.1 Å². The first-order chi connectivity index (χ1) is 15.9. The molecule has 1 atom stereocenters. The van der Waals surface area contributed by atoms with Crippen molar-refractivity contribution in [3.05, 3.63) is 81.5 Å². The number of hydrogen-bond acceptors (Lipinski definition) is 7. The zero-order valence-electron chi connectivity index (χ0n) is 17.5. The molecule has 3 heterocycles. The number of likely N-dealkylation sites (tertiary alicyclic amines) is 1. The molecule has 3 aromatic rings. The quantitative estimate of drug-likeness (QED) is 0.535. The third kappa shape index (κ3) is 4.86. The minimum absolute atomic E-state index is 0.0447. The molecule has 11 heteroatoms. The number of nitrogens with one attached hydrogen (secondary N) is 2. The number of nitrogens with zero attached hydrogens (tertiary/aromatic N) is 4. The molecule has 0 saturated carbocycles. The molecule has 0 radical (unpaired) electrons. The van der Waals surface area contributed by atoms with Crippen LogP contribution in [0.15, 0.2) is 47.4 Å². The highest BCUT2D eigenvalue weighted by molar-refractivity contribution is 5.95. The number of aromatic amines is 1. The van der Waals surface area contributed by atoms with Crippen LogP contribution in [0.2, 0.25) is 0 Å². The molecule has 0 aliphatic carbocycles. The van der Waals surface area contributed by atoms with E-state index < -0.39 is 34.8 Å². The van der Waals surface area contributed by atoms with Crippen molar-refractivity contribution in [2.24, 2.45) is 0 Å². The van der Waals surface area contributed by atoms with Crippen molar-refractivity contribution in [3.63, 3.8) is 0 Å². The molecule has 0 bridgehead atoms. The van der Waals surface area contributed by atoms with Crippen molar-refractivity contribution >= 4 is 11.8 Å². The van der Waals surface area contributed by atoms with Crippen LogP contribution in [0.25, 0.3) is 0 Å². The fourth-order valence-corrected chi connectivity index (χ4v) is 3.69. The first-order valence-electron chi connectivity index (χ1n) is 10.4. The normalized spacial score (nSPS) is 15.8. The number of aromatic nitrogens is 4. The van der Waals surface area contributed by atoms with Gasteiger partial charge >= 0.3 is 0 Å². The number of hydrogen-bond donors (Lipinski definition) is 3. The molecule has 2 aromatic heterocycles. The van der Waals surface area contributed by atoms with Gasteiger partial charge in [0.05, 0.1) is 6.04 Å². The van der Waals surface area contributed by atoms with Crippen LogP contribution in [0, 0.1) is 5.82 Å². The van der Waals surface area contributed by atoms with Crippen molar-refractivity contribution < 1.29 is 19.1 Å². The molecule has 2 amide bonds. The Morgan fingerprint density at radius 3 is 2.73 bits per heavy atom. The highest BCUT2D eigenvalue weighted by Gasteiger charge is 2.32. The molecule has 1 aliphatic rings. The second-order valence-electron chi connectivity index (χ2n) is 7.58. The number of aromatic hydroxyl groups is 1. The van der Waals surface area contributed by atoms with Crippen molar-refractivity contribution in [2.45, 2.75) is 31.8 Å². The molecule has 1 saturated heterocycles. The second kappa shape index (κ2) is 9.55. The minimum atomic E-state index is -0.885. The van der Waals surface area contributed by atoms with Gasteiger partial charge in [-0.3, -0.25) is 14.4 Å². The smallest absolute Gasteiger partial charge is 0.294 e. The van der Waals surface area contributed by atoms with E-state index in [1.165, 1.54) is 35.4 Å². The Kier molecular flexibility index (Phi) is 6.38. The maximum atomic E-state index is 13.1. The van der Waals surface area contributed by atoms with Crippen LogP contribution in [-0.4, -0.2) is 48.5 Å². The third-order valence-electron chi connectivity index (χ3n) is 5.37. The van der Waals surface area contributed by atoms with Crippen molar-refractivity contribution in [2.75, 3.05) is 6.54 Å². The van der Waals surface area contributed by atoms with Crippen LogP contribution >= 0.6 is 0 Å². The van der Waals surface area contributed by atoms with Crippen LogP contribution in [0.5, 0.6) is 5.75 Å². The molecule has 170 valence electrons. The van der Waals surface area contributed by atoms with E-state index in [0.29, 0.717) is 18.5 Å². The average molecular weight is 452 g/mol. The van der Waals surface area contributed by atoms with E-state index in [1.807, 2.05) is 0 Å². The van der Waals surface area contributed by atoms with Crippen LogP contribution in [0.3, 0.4) is 0 Å². The molecular formula is C22H21FN6O4. The van der Waals surface area contributed by atoms with Gasteiger partial charge in [-0.1, -0.05) is 12.1 Å². The molecule has 4 rings (SSSR count). The molecule has 1 aliphatic heterocycles. The van der Waals surface area contributed by atoms with Gasteiger partial charge in [-0.15, -0.1) is 5.10 Å². The first-order valence-corrected chi connectivity index (χ1v) is 10.4. The lowest BCUT2D eigenvalue weighted by molar-refractivity contribution is 0.0591. The van der Waals surface area contributed by atoms with Crippen LogP contribution in [0.1, 0.15) is 57.7 Å². The summed E-state index contributed by atoms with van der Waals surface area (Å²) < 4.78 is 13.1. The van der Waals surface area contributed by atoms with Crippen molar-refractivity contribution in [1.29, 1.82) is 0 Å². The van der Waals surface area contributed by atoms with Gasteiger partial charge in [-0.2, -0.15) is 5.10 Å². The van der Waals surface area contributed by atoms with Gasteiger partial charge in [0.25, 0.3) is 17.4 Å². The fourth-order valence-electron chi connectivity index (χ4n) is 3.69. The lowest BCUT2D eigenvalue weighted by atomic mass is 10.0. The Bertz CT molecular complexity index is 1220. The Morgan fingerprint density at radius 1 is 1.21 bits per heavy atom. The zero-order valence-corrected chi connectivity index (χ0v) is 17.5. The summed E-state index contributed by atoms with van der Waals surface area (Å²) in [4.78, 5) is 46.3. The van der Waals surface area contributed by atoms with Gasteiger partial charge < -0.3 is 20.3 Å². The SMILES string of the molecule is O=C(NCc1ccc(F)cc1)c1nc(C2CCCCN2C(=O)c2cccnn2)[nH]c(=O)c1O. The Hall–Kier alpha value is -4.15. The summed E-state index contributed by atoms with van der Waals surface area (Å²) in [6.07, 6.45) is 3.51. The molecule has 1 unspecified atom stereocenters. The van der Waals surface area contributed by atoms with Crippen LogP contribution < -0.4 is 10.9 Å². The molecule has 33 heavy (non-hydrogen) atoms. The van der Waals surface area contributed by atoms with E-state index in [-0.39, 0.29) is 24.0 Å². The number of H-pyrrole nitrogens is 1. The summed E-state index contributed by atoms with van der Waals surface area (Å²) in [7, 11) is 0. The number of benzene rings is 1. The summed E-state index contributed by atoms with van der Waals surface area (Å²) in [5.74, 6) is -2.27. The highest BCUT2D eigenvalue weighted by Crippen LogP contribution is 2.30. The lowest BCUT2D eigenvalue weighted by Gasteiger charge is -2.34. The molecule has 10 nitrogen and oxygen atoms in total. The third-order valence-corrected chi connectivity index (χ3v) is 5.37. The molecule has 0 spiro atoms. The Balaban J connectivity index is 1.59. The number of amides is 2. The van der Waals surface area contributed by atoms with Crippen molar-refractivity contribution in [1.82, 2.24) is 30.4 Å². The van der Waals surface area contributed by atoms with Gasteiger partial charge in [0.1, 0.15) is 11.6 Å². The number of halogens is 1. The molecular weight excluding hydrogens is 431 g/mol. The standard InChI is InChI=1S/C22H21FN6O4/c23-14-8-6-13(7-9-14)12-24-20(31)17-18(30)21(32)27-19(26-17)16-5-1-2-11-29(16)22(33)15-4-3-10-25-28-15/h3-4,6-10,16,30H,1-2,5,11-12H2,(H,24,31)(H,26,27,32).